The monoisotopic (exact) mass is 544 g/mol. The van der Waals surface area contributed by atoms with Crippen LogP contribution in [0.2, 0.25) is 20.1 Å². The van der Waals surface area contributed by atoms with E-state index >= 15 is 0 Å². The van der Waals surface area contributed by atoms with Crippen LogP contribution in [0.1, 0.15) is 64.5 Å². The lowest BCUT2D eigenvalue weighted by Crippen LogP contribution is -2.20. The fourth-order valence-corrected chi connectivity index (χ4v) is 4.83. The molecule has 0 aliphatic rings. The normalized spacial score (nSPS) is 13.7. The molecule has 2 atom stereocenters. The van der Waals surface area contributed by atoms with Crippen molar-refractivity contribution in [3.8, 4) is 11.5 Å². The van der Waals surface area contributed by atoms with Gasteiger partial charge < -0.3 is 9.47 Å². The van der Waals surface area contributed by atoms with E-state index in [1.165, 1.54) is 0 Å². The van der Waals surface area contributed by atoms with Crippen LogP contribution in [0.3, 0.4) is 0 Å². The average molecular weight is 547 g/mol. The molecule has 2 nitrogen and oxygen atoms in total. The first kappa shape index (κ1) is 27.0. The van der Waals surface area contributed by atoms with Gasteiger partial charge in [0.25, 0.3) is 0 Å². The van der Waals surface area contributed by atoms with Crippen LogP contribution in [0.25, 0.3) is 0 Å². The van der Waals surface area contributed by atoms with Gasteiger partial charge in [0.2, 0.25) is 0 Å². The third-order valence-electron chi connectivity index (χ3n) is 4.96. The molecular formula is C23H26Cl6O2. The van der Waals surface area contributed by atoms with Gasteiger partial charge in [0.15, 0.2) is 22.6 Å². The Morgan fingerprint density at radius 1 is 0.677 bits per heavy atom. The van der Waals surface area contributed by atoms with Gasteiger partial charge in [-0.05, 0) is 48.2 Å². The van der Waals surface area contributed by atoms with Gasteiger partial charge in [0.05, 0.1) is 20.1 Å². The minimum atomic E-state index is -0.509. The van der Waals surface area contributed by atoms with E-state index in [9.17, 15) is 0 Å². The molecule has 0 aromatic heterocycles. The number of rotatable bonds is 10. The minimum absolute atomic E-state index is 0.375. The zero-order valence-electron chi connectivity index (χ0n) is 17.9. The van der Waals surface area contributed by atoms with Crippen molar-refractivity contribution in [3.05, 3.63) is 55.5 Å². The first-order valence-corrected chi connectivity index (χ1v) is 12.5. The van der Waals surface area contributed by atoms with Gasteiger partial charge in [0.1, 0.15) is 0 Å². The summed E-state index contributed by atoms with van der Waals surface area (Å²) < 4.78 is 11.5. The Bertz CT molecular complexity index is 782. The zero-order valence-corrected chi connectivity index (χ0v) is 22.4. The van der Waals surface area contributed by atoms with E-state index in [2.05, 4.69) is 0 Å². The standard InChI is InChI=1S/C23H26Cl6O2/c1-5-7-19(28)30-21-15(24)9-13(10-16(21)25)23(3,4)14-11-17(26)22(18(27)12-14)31-20(29)8-6-2/h9-12,19-20H,5-8H2,1-4H3. The molecule has 0 saturated carbocycles. The number of alkyl halides is 2. The Morgan fingerprint density at radius 3 is 1.23 bits per heavy atom. The molecule has 0 radical (unpaired) electrons. The number of ether oxygens (including phenoxy) is 2. The third-order valence-corrected chi connectivity index (χ3v) is 6.70. The van der Waals surface area contributed by atoms with E-state index in [0.717, 1.165) is 24.0 Å². The predicted octanol–water partition coefficient (Wildman–Crippen LogP) is 10.1. The lowest BCUT2D eigenvalue weighted by atomic mass is 9.78. The molecule has 2 aromatic rings. The Morgan fingerprint density at radius 2 is 0.968 bits per heavy atom. The molecule has 2 rings (SSSR count). The molecule has 0 N–H and O–H groups in total. The van der Waals surface area contributed by atoms with Crippen LogP contribution in [0, 0.1) is 0 Å². The summed E-state index contributed by atoms with van der Waals surface area (Å²) in [6.07, 6.45) is 3.15. The topological polar surface area (TPSA) is 18.5 Å². The van der Waals surface area contributed by atoms with Gasteiger partial charge in [-0.1, -0.05) is 110 Å². The lowest BCUT2D eigenvalue weighted by molar-refractivity contribution is 0.269. The Labute approximate surface area is 215 Å². The van der Waals surface area contributed by atoms with Crippen molar-refractivity contribution in [1.29, 1.82) is 0 Å². The molecule has 2 unspecified atom stereocenters. The second-order valence-corrected chi connectivity index (χ2v) is 10.4. The van der Waals surface area contributed by atoms with Crippen LogP contribution in [0.15, 0.2) is 24.3 Å². The molecule has 172 valence electrons. The van der Waals surface area contributed by atoms with Crippen LogP contribution in [-0.4, -0.2) is 11.1 Å². The smallest absolute Gasteiger partial charge is 0.172 e. The largest absolute Gasteiger partial charge is 0.472 e. The van der Waals surface area contributed by atoms with Gasteiger partial charge in [-0.15, -0.1) is 0 Å². The van der Waals surface area contributed by atoms with Crippen molar-refractivity contribution >= 4 is 69.6 Å². The zero-order chi connectivity index (χ0) is 23.3. The predicted molar refractivity (Wildman–Crippen MR) is 135 cm³/mol. The van der Waals surface area contributed by atoms with Gasteiger partial charge in [-0.25, -0.2) is 0 Å². The molecule has 0 heterocycles. The Balaban J connectivity index is 2.38. The molecule has 31 heavy (non-hydrogen) atoms. The summed E-state index contributed by atoms with van der Waals surface area (Å²) in [6, 6.07) is 7.28. The number of halogens is 6. The quantitative estimate of drug-likeness (QED) is 0.276. The highest BCUT2D eigenvalue weighted by Gasteiger charge is 2.28. The summed E-state index contributed by atoms with van der Waals surface area (Å²) in [7, 11) is 0. The lowest BCUT2D eigenvalue weighted by Gasteiger charge is -2.28. The van der Waals surface area contributed by atoms with Crippen LogP contribution < -0.4 is 9.47 Å². The molecule has 2 aromatic carbocycles. The van der Waals surface area contributed by atoms with Crippen LogP contribution in [-0.2, 0) is 5.41 Å². The van der Waals surface area contributed by atoms with Crippen LogP contribution in [0.4, 0.5) is 0 Å². The number of benzene rings is 2. The fourth-order valence-electron chi connectivity index (χ4n) is 3.06. The summed E-state index contributed by atoms with van der Waals surface area (Å²) in [4.78, 5) is 0. The molecule has 0 aliphatic carbocycles. The molecule has 0 amide bonds. The van der Waals surface area contributed by atoms with Crippen molar-refractivity contribution < 1.29 is 9.47 Å². The van der Waals surface area contributed by atoms with Crippen molar-refractivity contribution in [2.24, 2.45) is 0 Å². The molecule has 0 saturated heterocycles. The van der Waals surface area contributed by atoms with Gasteiger partial charge in [-0.3, -0.25) is 0 Å². The van der Waals surface area contributed by atoms with Crippen molar-refractivity contribution in [2.75, 3.05) is 0 Å². The molecule has 0 fully saturated rings. The number of hydrogen-bond donors (Lipinski definition) is 0. The van der Waals surface area contributed by atoms with E-state index in [0.29, 0.717) is 44.4 Å². The van der Waals surface area contributed by atoms with E-state index in [-0.39, 0.29) is 0 Å². The number of hydrogen-bond acceptors (Lipinski definition) is 2. The molecule has 0 bridgehead atoms. The summed E-state index contributed by atoms with van der Waals surface area (Å²) in [5.74, 6) is 0.750. The first-order valence-electron chi connectivity index (χ1n) is 10.1. The third kappa shape index (κ3) is 6.88. The second-order valence-electron chi connectivity index (χ2n) is 7.80. The molecule has 0 spiro atoms. The summed E-state index contributed by atoms with van der Waals surface area (Å²) in [5, 5.41) is 1.55. The van der Waals surface area contributed by atoms with Crippen LogP contribution >= 0.6 is 69.6 Å². The maximum absolute atomic E-state index is 6.49. The minimum Gasteiger partial charge on any atom is -0.472 e. The van der Waals surface area contributed by atoms with Crippen molar-refractivity contribution in [3.63, 3.8) is 0 Å². The van der Waals surface area contributed by atoms with E-state index in [1.807, 2.05) is 52.0 Å². The van der Waals surface area contributed by atoms with Gasteiger partial charge in [-0.2, -0.15) is 0 Å². The molecule has 0 aliphatic heterocycles. The SMILES string of the molecule is CCCC(Cl)Oc1c(Cl)cc(C(C)(C)c2cc(Cl)c(OC(Cl)CCC)c(Cl)c2)cc1Cl. The maximum Gasteiger partial charge on any atom is 0.172 e. The highest BCUT2D eigenvalue weighted by Crippen LogP contribution is 2.44. The van der Waals surface area contributed by atoms with E-state index in [1.54, 1.807) is 0 Å². The van der Waals surface area contributed by atoms with Crippen LogP contribution in [0.5, 0.6) is 11.5 Å². The summed E-state index contributed by atoms with van der Waals surface area (Å²) in [6.45, 7) is 8.11. The Hall–Kier alpha value is -0.220. The average Bonchev–Trinajstić information content (AvgIpc) is 2.67. The van der Waals surface area contributed by atoms with E-state index < -0.39 is 16.5 Å². The Kier molecular flexibility index (Phi) is 10.3. The van der Waals surface area contributed by atoms with Crippen molar-refractivity contribution in [1.82, 2.24) is 0 Å². The van der Waals surface area contributed by atoms with E-state index in [4.69, 9.17) is 79.1 Å². The summed E-state index contributed by atoms with van der Waals surface area (Å²) in [5.41, 5.74) is 0.243. The maximum atomic E-state index is 6.49. The van der Waals surface area contributed by atoms with Gasteiger partial charge >= 0.3 is 0 Å². The summed E-state index contributed by atoms with van der Waals surface area (Å²) >= 11 is 38.4. The van der Waals surface area contributed by atoms with Gasteiger partial charge in [0, 0.05) is 5.41 Å². The second kappa shape index (κ2) is 11.8. The first-order chi connectivity index (χ1) is 14.5. The fraction of sp³-hybridized carbons (Fsp3) is 0.478. The highest BCUT2D eigenvalue weighted by atomic mass is 35.5. The highest BCUT2D eigenvalue weighted by molar-refractivity contribution is 6.38. The molecular weight excluding hydrogens is 521 g/mol. The molecule has 8 heteroatoms. The van der Waals surface area contributed by atoms with Crippen molar-refractivity contribution in [2.45, 2.75) is 69.9 Å².